The molecule has 0 radical (unpaired) electrons. The van der Waals surface area contributed by atoms with Crippen LogP contribution in [0.5, 0.6) is 0 Å². The van der Waals surface area contributed by atoms with Crippen molar-refractivity contribution in [3.63, 3.8) is 0 Å². The Morgan fingerprint density at radius 1 is 0.438 bits per heavy atom. The summed E-state index contributed by atoms with van der Waals surface area (Å²) >= 11 is 0. The zero-order chi connectivity index (χ0) is 57.9. The predicted molar refractivity (Wildman–Crippen MR) is 340 cm³/mol. The van der Waals surface area contributed by atoms with Crippen molar-refractivity contribution in [2.24, 2.45) is 0 Å². The minimum atomic E-state index is -1.58. The van der Waals surface area contributed by atoms with Crippen LogP contribution in [0.15, 0.2) is 134 Å². The van der Waals surface area contributed by atoms with E-state index in [4.69, 9.17) is 9.47 Å². The lowest BCUT2D eigenvalue weighted by Gasteiger charge is -2.40. The van der Waals surface area contributed by atoms with Crippen molar-refractivity contribution in [3.8, 4) is 0 Å². The predicted octanol–water partition coefficient (Wildman–Crippen LogP) is 17.2. The van der Waals surface area contributed by atoms with E-state index in [1.54, 1.807) is 6.08 Å². The maximum atomic E-state index is 13.1. The highest BCUT2D eigenvalue weighted by Gasteiger charge is 2.44. The molecule has 9 heteroatoms. The van der Waals surface area contributed by atoms with Gasteiger partial charge in [-0.05, 0) is 96.3 Å². The van der Waals surface area contributed by atoms with Crippen molar-refractivity contribution >= 4 is 5.91 Å². The summed E-state index contributed by atoms with van der Waals surface area (Å²) in [5.41, 5.74) is 0. The van der Waals surface area contributed by atoms with E-state index in [1.165, 1.54) is 116 Å². The molecule has 0 spiro atoms. The molecule has 0 aromatic rings. The average Bonchev–Trinajstić information content (AvgIpc) is 3.46. The van der Waals surface area contributed by atoms with Gasteiger partial charge in [-0.1, -0.05) is 282 Å². The summed E-state index contributed by atoms with van der Waals surface area (Å²) in [6.07, 6.45) is 82.4. The molecule has 0 aliphatic carbocycles. The molecule has 6 N–H and O–H groups in total. The summed E-state index contributed by atoms with van der Waals surface area (Å²) in [4.78, 5) is 13.1. The maximum absolute atomic E-state index is 13.1. The third kappa shape index (κ3) is 46.9. The topological polar surface area (TPSA) is 149 Å². The Kier molecular flexibility index (Phi) is 54.4. The van der Waals surface area contributed by atoms with Crippen LogP contribution < -0.4 is 5.32 Å². The summed E-state index contributed by atoms with van der Waals surface area (Å²) in [5.74, 6) is -0.205. The number of aliphatic hydroxyl groups is 5. The molecule has 0 aromatic heterocycles. The highest BCUT2D eigenvalue weighted by atomic mass is 16.7. The molecule has 7 unspecified atom stereocenters. The molecule has 0 aromatic carbocycles. The Morgan fingerprint density at radius 2 is 0.775 bits per heavy atom. The number of allylic oxidation sites excluding steroid dienone is 21. The molecular weight excluding hydrogens is 995 g/mol. The Labute approximate surface area is 490 Å². The van der Waals surface area contributed by atoms with Gasteiger partial charge in [-0.25, -0.2) is 0 Å². The van der Waals surface area contributed by atoms with E-state index in [2.05, 4.69) is 141 Å². The van der Waals surface area contributed by atoms with E-state index in [1.807, 2.05) is 6.08 Å². The van der Waals surface area contributed by atoms with Gasteiger partial charge in [0, 0.05) is 6.42 Å². The van der Waals surface area contributed by atoms with E-state index in [9.17, 15) is 30.3 Å². The van der Waals surface area contributed by atoms with E-state index in [-0.39, 0.29) is 12.5 Å². The molecule has 0 saturated carbocycles. The van der Waals surface area contributed by atoms with Crippen LogP contribution >= 0.6 is 0 Å². The number of unbranched alkanes of at least 4 members (excludes halogenated alkanes) is 24. The number of carbonyl (C=O) groups is 1. The van der Waals surface area contributed by atoms with Crippen LogP contribution in [0.25, 0.3) is 0 Å². The van der Waals surface area contributed by atoms with Crippen molar-refractivity contribution in [3.05, 3.63) is 134 Å². The molecule has 9 nitrogen and oxygen atoms in total. The first-order chi connectivity index (χ1) is 39.3. The number of hydrogen-bond donors (Lipinski definition) is 6. The molecule has 1 saturated heterocycles. The van der Waals surface area contributed by atoms with Crippen LogP contribution in [0.3, 0.4) is 0 Å². The van der Waals surface area contributed by atoms with Gasteiger partial charge in [0.05, 0.1) is 25.4 Å². The first-order valence-corrected chi connectivity index (χ1v) is 32.4. The third-order valence-corrected chi connectivity index (χ3v) is 14.5. The SMILES string of the molecule is CC/C=C\C/C=C\C/C=C\C/C=C\C/C=C\C/C=C\C/C=C\C/C=C\C/C=C\C/C=C\CCCCCCC(=O)NC(COC1OC(CO)C(O)C(O)C1O)C(O)/C=C/CCCCCCCCCCCCCCCCCCCCCC. The van der Waals surface area contributed by atoms with Gasteiger partial charge in [-0.2, -0.15) is 0 Å². The van der Waals surface area contributed by atoms with E-state index in [0.29, 0.717) is 6.42 Å². The Balaban J connectivity index is 2.23. The molecule has 7 atom stereocenters. The average molecular weight is 1110 g/mol. The van der Waals surface area contributed by atoms with Gasteiger partial charge in [0.1, 0.15) is 24.4 Å². The van der Waals surface area contributed by atoms with Gasteiger partial charge in [0.2, 0.25) is 5.91 Å². The van der Waals surface area contributed by atoms with Crippen LogP contribution in [0.1, 0.15) is 251 Å². The van der Waals surface area contributed by atoms with E-state index >= 15 is 0 Å². The molecule has 0 bridgehead atoms. The Morgan fingerprint density at radius 3 is 1.15 bits per heavy atom. The summed E-state index contributed by atoms with van der Waals surface area (Å²) in [6.45, 7) is 3.66. The van der Waals surface area contributed by atoms with Crippen molar-refractivity contribution in [2.75, 3.05) is 13.2 Å². The van der Waals surface area contributed by atoms with Crippen LogP contribution in [-0.4, -0.2) is 87.5 Å². The molecule has 456 valence electrons. The van der Waals surface area contributed by atoms with Crippen LogP contribution in [-0.2, 0) is 14.3 Å². The number of carbonyl (C=O) groups excluding carboxylic acids is 1. The van der Waals surface area contributed by atoms with Gasteiger partial charge in [0.15, 0.2) is 6.29 Å². The molecular formula is C71H119NO8. The van der Waals surface area contributed by atoms with Crippen LogP contribution in [0.2, 0.25) is 0 Å². The summed E-state index contributed by atoms with van der Waals surface area (Å²) < 4.78 is 11.3. The van der Waals surface area contributed by atoms with Gasteiger partial charge in [-0.15, -0.1) is 0 Å². The van der Waals surface area contributed by atoms with Gasteiger partial charge < -0.3 is 40.3 Å². The molecule has 1 fully saturated rings. The molecule has 1 heterocycles. The summed E-state index contributed by atoms with van der Waals surface area (Å²) in [5, 5.41) is 54.6. The van der Waals surface area contributed by atoms with Crippen molar-refractivity contribution in [1.82, 2.24) is 5.32 Å². The van der Waals surface area contributed by atoms with Crippen LogP contribution in [0, 0.1) is 0 Å². The number of nitrogens with one attached hydrogen (secondary N) is 1. The second kappa shape index (κ2) is 58.5. The number of hydrogen-bond acceptors (Lipinski definition) is 8. The van der Waals surface area contributed by atoms with Gasteiger partial charge >= 0.3 is 0 Å². The van der Waals surface area contributed by atoms with E-state index < -0.39 is 49.5 Å². The lowest BCUT2D eigenvalue weighted by atomic mass is 9.99. The molecule has 1 amide bonds. The second-order valence-electron chi connectivity index (χ2n) is 21.8. The largest absolute Gasteiger partial charge is 0.394 e. The highest BCUT2D eigenvalue weighted by Crippen LogP contribution is 2.23. The molecule has 80 heavy (non-hydrogen) atoms. The fourth-order valence-corrected chi connectivity index (χ4v) is 9.42. The lowest BCUT2D eigenvalue weighted by molar-refractivity contribution is -0.302. The monoisotopic (exact) mass is 1110 g/mol. The zero-order valence-corrected chi connectivity index (χ0v) is 50.8. The molecule has 1 aliphatic heterocycles. The fourth-order valence-electron chi connectivity index (χ4n) is 9.42. The van der Waals surface area contributed by atoms with Crippen molar-refractivity contribution in [2.45, 2.75) is 294 Å². The van der Waals surface area contributed by atoms with Gasteiger partial charge in [0.25, 0.3) is 0 Å². The second-order valence-corrected chi connectivity index (χ2v) is 21.8. The smallest absolute Gasteiger partial charge is 0.220 e. The Hall–Kier alpha value is -3.67. The fraction of sp³-hybridized carbons (Fsp3) is 0.676. The first-order valence-electron chi connectivity index (χ1n) is 32.4. The van der Waals surface area contributed by atoms with Crippen molar-refractivity contribution in [1.29, 1.82) is 0 Å². The maximum Gasteiger partial charge on any atom is 0.220 e. The minimum Gasteiger partial charge on any atom is -0.394 e. The van der Waals surface area contributed by atoms with Crippen LogP contribution in [0.4, 0.5) is 0 Å². The number of ether oxygens (including phenoxy) is 2. The normalized spacial score (nSPS) is 19.4. The number of rotatable bonds is 54. The lowest BCUT2D eigenvalue weighted by Crippen LogP contribution is -2.60. The standard InChI is InChI=1S/C71H119NO8/c1-3-5-7-9-11-13-15-17-19-21-23-25-27-28-29-30-31-32-33-34-35-36-37-38-39-41-43-45-47-49-51-53-55-57-59-61-67(75)72-64(63-79-71-70(78)69(77)68(76)66(62-73)80-71)65(74)60-58-56-54-52-50-48-46-44-42-40-26-24-22-20-18-16-14-12-10-8-6-4-2/h5,7,11,13,17,19,23,25,28-29,31-32,34-35,37-38,41,43,47,49,58,60,64-66,68-71,73-74,76-78H,3-4,6,8-10,12,14-16,18,20-22,24,26-27,30,33,36,39-40,42,44-46,48,50-57,59,61-63H2,1-2H3,(H,72,75)/b7-5-,13-11-,19-17-,25-23-,29-28-,32-31-,35-34-,38-37-,43-41-,49-47-,60-58+. The Bertz CT molecular complexity index is 1720. The first kappa shape index (κ1) is 74.3. The third-order valence-electron chi connectivity index (χ3n) is 14.5. The number of aliphatic hydroxyl groups excluding tert-OH is 5. The highest BCUT2D eigenvalue weighted by molar-refractivity contribution is 5.76. The quantitative estimate of drug-likeness (QED) is 0.0261. The summed E-state index contributed by atoms with van der Waals surface area (Å²) in [7, 11) is 0. The summed E-state index contributed by atoms with van der Waals surface area (Å²) in [6, 6.07) is -0.830. The van der Waals surface area contributed by atoms with E-state index in [0.717, 1.165) is 116 Å². The van der Waals surface area contributed by atoms with Crippen molar-refractivity contribution < 1.29 is 39.8 Å². The van der Waals surface area contributed by atoms with Gasteiger partial charge in [-0.3, -0.25) is 4.79 Å². The number of amides is 1. The minimum absolute atomic E-state index is 0.205. The zero-order valence-electron chi connectivity index (χ0n) is 50.8. The molecule has 1 aliphatic rings. The molecule has 1 rings (SSSR count).